The molecule has 0 aliphatic heterocycles. The van der Waals surface area contributed by atoms with Crippen molar-refractivity contribution in [1.29, 1.82) is 0 Å². The van der Waals surface area contributed by atoms with Crippen LogP contribution >= 0.6 is 23.4 Å². The van der Waals surface area contributed by atoms with Gasteiger partial charge in [-0.05, 0) is 44.7 Å². The molecule has 19 heavy (non-hydrogen) atoms. The third-order valence-electron chi connectivity index (χ3n) is 3.05. The predicted octanol–water partition coefficient (Wildman–Crippen LogP) is 3.06. The molecule has 2 N–H and O–H groups in total. The summed E-state index contributed by atoms with van der Waals surface area (Å²) in [5.74, 6) is 0.121. The quantitative estimate of drug-likeness (QED) is 0.571. The maximum absolute atomic E-state index is 11.1. The number of rotatable bonds is 8. The van der Waals surface area contributed by atoms with Gasteiger partial charge in [-0.1, -0.05) is 18.0 Å². The molecule has 1 aromatic heterocycles. The van der Waals surface area contributed by atoms with Crippen molar-refractivity contribution in [2.24, 2.45) is 0 Å². The molecule has 1 atom stereocenters. The number of halogens is 1. The van der Waals surface area contributed by atoms with Crippen molar-refractivity contribution in [3.05, 3.63) is 23.4 Å². The molecule has 1 rings (SSSR count). The first kappa shape index (κ1) is 16.3. The molecule has 4 nitrogen and oxygen atoms in total. The van der Waals surface area contributed by atoms with E-state index in [1.165, 1.54) is 0 Å². The molecular weight excluding hydrogens is 284 g/mol. The number of nitrogens with one attached hydrogen (secondary N) is 1. The van der Waals surface area contributed by atoms with E-state index in [0.717, 1.165) is 23.6 Å². The maximum atomic E-state index is 11.1. The Kier molecular flexibility index (Phi) is 6.62. The molecule has 1 heterocycles. The Balaban J connectivity index is 2.24. The van der Waals surface area contributed by atoms with E-state index in [9.17, 15) is 4.79 Å². The van der Waals surface area contributed by atoms with Crippen molar-refractivity contribution in [2.75, 3.05) is 12.8 Å². The van der Waals surface area contributed by atoms with Gasteiger partial charge in [0, 0.05) is 6.20 Å². The molecule has 6 heteroatoms. The van der Waals surface area contributed by atoms with Crippen LogP contribution in [-0.2, 0) is 4.79 Å². The molecular formula is C13H19ClN2O2S. The van der Waals surface area contributed by atoms with Gasteiger partial charge >= 0.3 is 5.97 Å². The molecule has 0 spiro atoms. The van der Waals surface area contributed by atoms with Gasteiger partial charge in [0.1, 0.15) is 5.54 Å². The van der Waals surface area contributed by atoms with Gasteiger partial charge in [-0.15, -0.1) is 11.8 Å². The minimum Gasteiger partial charge on any atom is -0.480 e. The lowest BCUT2D eigenvalue weighted by atomic mass is 9.95. The second-order valence-electron chi connectivity index (χ2n) is 4.51. The van der Waals surface area contributed by atoms with Gasteiger partial charge in [0.2, 0.25) is 0 Å². The van der Waals surface area contributed by atoms with E-state index in [-0.39, 0.29) is 0 Å². The molecule has 0 radical (unpaired) electrons. The first-order chi connectivity index (χ1) is 8.98. The Hall–Kier alpha value is -0.780. The highest BCUT2D eigenvalue weighted by Crippen LogP contribution is 2.20. The maximum Gasteiger partial charge on any atom is 0.323 e. The van der Waals surface area contributed by atoms with Crippen LogP contribution in [0.5, 0.6) is 0 Å². The van der Waals surface area contributed by atoms with Gasteiger partial charge in [0.05, 0.1) is 10.0 Å². The van der Waals surface area contributed by atoms with E-state index in [1.54, 1.807) is 31.9 Å². The summed E-state index contributed by atoms with van der Waals surface area (Å²) in [4.78, 5) is 15.3. The van der Waals surface area contributed by atoms with Crippen LogP contribution in [-0.4, -0.2) is 34.4 Å². The molecule has 0 fully saturated rings. The highest BCUT2D eigenvalue weighted by atomic mass is 35.5. The van der Waals surface area contributed by atoms with Gasteiger partial charge in [0.25, 0.3) is 0 Å². The summed E-state index contributed by atoms with van der Waals surface area (Å²) in [5, 5.41) is 13.5. The van der Waals surface area contributed by atoms with Crippen LogP contribution in [0.4, 0.5) is 0 Å². The van der Waals surface area contributed by atoms with Crippen LogP contribution in [0.1, 0.15) is 26.2 Å². The average molecular weight is 303 g/mol. The van der Waals surface area contributed by atoms with Crippen LogP contribution in [0, 0.1) is 0 Å². The average Bonchev–Trinajstić information content (AvgIpc) is 2.40. The number of thioether (sulfide) groups is 1. The second-order valence-corrected chi connectivity index (χ2v) is 6.06. The summed E-state index contributed by atoms with van der Waals surface area (Å²) in [6.45, 7) is 1.71. The molecule has 1 unspecified atom stereocenters. The van der Waals surface area contributed by atoms with Gasteiger partial charge in [-0.3, -0.25) is 4.79 Å². The number of unbranched alkanes of at least 4 members (excludes halogenated alkanes) is 1. The lowest BCUT2D eigenvalue weighted by Gasteiger charge is -2.23. The third-order valence-corrected chi connectivity index (χ3v) is 4.30. The Labute approximate surface area is 123 Å². The van der Waals surface area contributed by atoms with Crippen LogP contribution in [0.2, 0.25) is 5.02 Å². The molecule has 0 amide bonds. The van der Waals surface area contributed by atoms with Crippen LogP contribution in [0.15, 0.2) is 23.4 Å². The van der Waals surface area contributed by atoms with Crippen LogP contribution < -0.4 is 5.32 Å². The third kappa shape index (κ3) is 5.38. The standard InChI is InChI=1S/C13H19ClN2O2S/c1-13(15-2,12(17)18)7-3-4-8-19-11-6-5-10(14)9-16-11/h5-6,9,15H,3-4,7-8H2,1-2H3,(H,17,18). The predicted molar refractivity (Wildman–Crippen MR) is 78.9 cm³/mol. The fraction of sp³-hybridized carbons (Fsp3) is 0.538. The Morgan fingerprint density at radius 2 is 2.26 bits per heavy atom. The Morgan fingerprint density at radius 3 is 2.79 bits per heavy atom. The number of carbonyl (C=O) groups is 1. The van der Waals surface area contributed by atoms with Crippen molar-refractivity contribution in [2.45, 2.75) is 36.8 Å². The highest BCUT2D eigenvalue weighted by molar-refractivity contribution is 7.99. The van der Waals surface area contributed by atoms with Crippen LogP contribution in [0.3, 0.4) is 0 Å². The smallest absolute Gasteiger partial charge is 0.323 e. The molecule has 1 aromatic rings. The lowest BCUT2D eigenvalue weighted by molar-refractivity contribution is -0.144. The lowest BCUT2D eigenvalue weighted by Crippen LogP contribution is -2.47. The van der Waals surface area contributed by atoms with Crippen molar-refractivity contribution in [3.63, 3.8) is 0 Å². The largest absolute Gasteiger partial charge is 0.480 e. The van der Waals surface area contributed by atoms with Crippen molar-refractivity contribution >= 4 is 29.3 Å². The van der Waals surface area contributed by atoms with Gasteiger partial charge in [0.15, 0.2) is 0 Å². The monoisotopic (exact) mass is 302 g/mol. The summed E-state index contributed by atoms with van der Waals surface area (Å²) in [5.41, 5.74) is -0.830. The number of carboxylic acids is 1. The number of hydrogen-bond donors (Lipinski definition) is 2. The number of hydrogen-bond acceptors (Lipinski definition) is 4. The second kappa shape index (κ2) is 7.72. The molecule has 0 aliphatic rings. The first-order valence-corrected chi connectivity index (χ1v) is 7.51. The zero-order valence-electron chi connectivity index (χ0n) is 11.1. The molecule has 106 valence electrons. The zero-order valence-corrected chi connectivity index (χ0v) is 12.7. The number of likely N-dealkylation sites (N-methyl/N-ethyl adjacent to an activating group) is 1. The summed E-state index contributed by atoms with van der Waals surface area (Å²) in [6.07, 6.45) is 4.07. The SMILES string of the molecule is CNC(C)(CCCCSc1ccc(Cl)cn1)C(=O)O. The summed E-state index contributed by atoms with van der Waals surface area (Å²) < 4.78 is 0. The van der Waals surface area contributed by atoms with E-state index in [1.807, 2.05) is 12.1 Å². The number of carboxylic acid groups (broad SMARTS) is 1. The zero-order chi connectivity index (χ0) is 14.3. The summed E-state index contributed by atoms with van der Waals surface area (Å²) in [6, 6.07) is 3.71. The minimum atomic E-state index is -0.830. The van der Waals surface area contributed by atoms with E-state index in [0.29, 0.717) is 11.4 Å². The number of aromatic nitrogens is 1. The molecule has 0 aliphatic carbocycles. The van der Waals surface area contributed by atoms with E-state index in [4.69, 9.17) is 16.7 Å². The van der Waals surface area contributed by atoms with Gasteiger partial charge < -0.3 is 10.4 Å². The number of nitrogens with zero attached hydrogens (tertiary/aromatic N) is 1. The van der Waals surface area contributed by atoms with Crippen molar-refractivity contribution < 1.29 is 9.90 Å². The minimum absolute atomic E-state index is 0.618. The number of pyridine rings is 1. The number of aliphatic carboxylic acids is 1. The fourth-order valence-corrected chi connectivity index (χ4v) is 2.50. The summed E-state index contributed by atoms with van der Waals surface area (Å²) >= 11 is 7.42. The van der Waals surface area contributed by atoms with Crippen molar-refractivity contribution in [3.8, 4) is 0 Å². The molecule has 0 saturated carbocycles. The summed E-state index contributed by atoms with van der Waals surface area (Å²) in [7, 11) is 1.68. The van der Waals surface area contributed by atoms with Crippen LogP contribution in [0.25, 0.3) is 0 Å². The highest BCUT2D eigenvalue weighted by Gasteiger charge is 2.29. The molecule has 0 saturated heterocycles. The van der Waals surface area contributed by atoms with Gasteiger partial charge in [-0.25, -0.2) is 4.98 Å². The van der Waals surface area contributed by atoms with Gasteiger partial charge in [-0.2, -0.15) is 0 Å². The Morgan fingerprint density at radius 1 is 1.53 bits per heavy atom. The normalized spacial score (nSPS) is 14.1. The van der Waals surface area contributed by atoms with E-state index >= 15 is 0 Å². The Bertz CT molecular complexity index is 414. The molecule has 0 aromatic carbocycles. The molecule has 0 bridgehead atoms. The first-order valence-electron chi connectivity index (χ1n) is 6.14. The van der Waals surface area contributed by atoms with Crippen molar-refractivity contribution in [1.82, 2.24) is 10.3 Å². The fourth-order valence-electron chi connectivity index (χ4n) is 1.54. The topological polar surface area (TPSA) is 62.2 Å². The van der Waals surface area contributed by atoms with E-state index in [2.05, 4.69) is 10.3 Å². The van der Waals surface area contributed by atoms with E-state index < -0.39 is 11.5 Å².